The first-order valence-corrected chi connectivity index (χ1v) is 6.32. The number of hydrazine groups is 1. The van der Waals surface area contributed by atoms with E-state index in [9.17, 15) is 28.1 Å². The minimum atomic E-state index is -4.69. The van der Waals surface area contributed by atoms with E-state index >= 15 is 0 Å². The molecule has 1 aromatic carbocycles. The third kappa shape index (κ3) is 3.64. The lowest BCUT2D eigenvalue weighted by atomic mass is 10.1. The van der Waals surface area contributed by atoms with Crippen LogP contribution in [0.25, 0.3) is 0 Å². The lowest BCUT2D eigenvalue weighted by Gasteiger charge is -2.13. The Morgan fingerprint density at radius 2 is 2.14 bits per heavy atom. The van der Waals surface area contributed by atoms with Gasteiger partial charge in [-0.05, 0) is 25.0 Å². The molecule has 1 unspecified atom stereocenters. The summed E-state index contributed by atoms with van der Waals surface area (Å²) in [4.78, 5) is 21.6. The number of carbonyl (C=O) groups is 1. The molecule has 0 bridgehead atoms. The van der Waals surface area contributed by atoms with Crippen molar-refractivity contribution in [3.8, 4) is 0 Å². The largest absolute Gasteiger partial charge is 0.416 e. The molecule has 22 heavy (non-hydrogen) atoms. The molecule has 2 N–H and O–H groups in total. The van der Waals surface area contributed by atoms with E-state index in [-0.39, 0.29) is 5.69 Å². The first-order valence-electron chi connectivity index (χ1n) is 6.32. The van der Waals surface area contributed by atoms with Crippen molar-refractivity contribution in [3.05, 3.63) is 33.9 Å². The van der Waals surface area contributed by atoms with Gasteiger partial charge in [0.1, 0.15) is 11.8 Å². The maximum absolute atomic E-state index is 12.6. The number of anilines is 1. The standard InChI is InChI=1S/C12H12F3N3O4/c13-12(14,15)7-3-4-8(9(6-7)18(20)21)16-17-11(19)10-2-1-5-22-10/h3-4,6,10,16H,1-2,5H2,(H,17,19). The normalized spacial score (nSPS) is 18.0. The fraction of sp³-hybridized carbons (Fsp3) is 0.417. The van der Waals surface area contributed by atoms with Crippen LogP contribution in [0.5, 0.6) is 0 Å². The number of nitro groups is 1. The summed E-state index contributed by atoms with van der Waals surface area (Å²) >= 11 is 0. The number of ether oxygens (including phenoxy) is 1. The van der Waals surface area contributed by atoms with Gasteiger partial charge in [-0.3, -0.25) is 25.8 Å². The fourth-order valence-corrected chi connectivity index (χ4v) is 1.96. The summed E-state index contributed by atoms with van der Waals surface area (Å²) in [5, 5.41) is 10.9. The van der Waals surface area contributed by atoms with Crippen LogP contribution >= 0.6 is 0 Å². The number of rotatable bonds is 4. The molecule has 1 aromatic rings. The lowest BCUT2D eigenvalue weighted by Crippen LogP contribution is -2.38. The highest BCUT2D eigenvalue weighted by Gasteiger charge is 2.33. The van der Waals surface area contributed by atoms with Crippen molar-refractivity contribution < 1.29 is 27.6 Å². The predicted molar refractivity (Wildman–Crippen MR) is 68.8 cm³/mol. The van der Waals surface area contributed by atoms with E-state index in [0.717, 1.165) is 12.5 Å². The summed E-state index contributed by atoms with van der Waals surface area (Å²) in [5.74, 6) is -0.535. The molecule has 1 aliphatic rings. The summed E-state index contributed by atoms with van der Waals surface area (Å²) in [6, 6.07) is 1.98. The highest BCUT2D eigenvalue weighted by Crippen LogP contribution is 2.34. The average Bonchev–Trinajstić information content (AvgIpc) is 2.97. The average molecular weight is 319 g/mol. The molecular weight excluding hydrogens is 307 g/mol. The van der Waals surface area contributed by atoms with Crippen molar-refractivity contribution in [2.24, 2.45) is 0 Å². The van der Waals surface area contributed by atoms with Gasteiger partial charge in [-0.1, -0.05) is 0 Å². The molecule has 10 heteroatoms. The van der Waals surface area contributed by atoms with Crippen molar-refractivity contribution in [2.45, 2.75) is 25.1 Å². The quantitative estimate of drug-likeness (QED) is 0.656. The Hall–Kier alpha value is -2.36. The Bertz CT molecular complexity index is 585. The Morgan fingerprint density at radius 3 is 2.68 bits per heavy atom. The highest BCUT2D eigenvalue weighted by atomic mass is 19.4. The summed E-state index contributed by atoms with van der Waals surface area (Å²) in [6.07, 6.45) is -4.12. The van der Waals surface area contributed by atoms with Gasteiger partial charge in [-0.2, -0.15) is 13.2 Å². The highest BCUT2D eigenvalue weighted by molar-refractivity contribution is 5.82. The van der Waals surface area contributed by atoms with Gasteiger partial charge in [0.15, 0.2) is 0 Å². The van der Waals surface area contributed by atoms with Gasteiger partial charge in [0.05, 0.1) is 10.5 Å². The molecule has 1 saturated heterocycles. The van der Waals surface area contributed by atoms with Crippen LogP contribution in [-0.2, 0) is 15.7 Å². The van der Waals surface area contributed by atoms with E-state index in [1.807, 2.05) is 0 Å². The molecule has 0 spiro atoms. The topological polar surface area (TPSA) is 93.5 Å². The van der Waals surface area contributed by atoms with Gasteiger partial charge < -0.3 is 4.74 Å². The molecule has 1 atom stereocenters. The number of hydrogen-bond acceptors (Lipinski definition) is 5. The third-order valence-corrected chi connectivity index (χ3v) is 3.06. The molecule has 1 aliphatic heterocycles. The zero-order chi connectivity index (χ0) is 16.3. The van der Waals surface area contributed by atoms with Crippen molar-refractivity contribution in [3.63, 3.8) is 0 Å². The smallest absolute Gasteiger partial charge is 0.368 e. The molecular formula is C12H12F3N3O4. The fourth-order valence-electron chi connectivity index (χ4n) is 1.96. The number of amides is 1. The van der Waals surface area contributed by atoms with E-state index in [1.165, 1.54) is 0 Å². The first kappa shape index (κ1) is 16.0. The molecule has 7 nitrogen and oxygen atoms in total. The summed E-state index contributed by atoms with van der Waals surface area (Å²) in [6.45, 7) is 0.443. The van der Waals surface area contributed by atoms with Crippen LogP contribution in [0, 0.1) is 10.1 Å². The second-order valence-corrected chi connectivity index (χ2v) is 4.60. The van der Waals surface area contributed by atoms with Crippen LogP contribution in [0.2, 0.25) is 0 Å². The van der Waals surface area contributed by atoms with Crippen molar-refractivity contribution >= 4 is 17.3 Å². The molecule has 0 aromatic heterocycles. The SMILES string of the molecule is O=C(NNc1ccc(C(F)(F)F)cc1[N+](=O)[O-])C1CCCO1. The lowest BCUT2D eigenvalue weighted by molar-refractivity contribution is -0.384. The maximum Gasteiger partial charge on any atom is 0.416 e. The minimum Gasteiger partial charge on any atom is -0.368 e. The number of hydrogen-bond donors (Lipinski definition) is 2. The van der Waals surface area contributed by atoms with Crippen LogP contribution in [0.1, 0.15) is 18.4 Å². The van der Waals surface area contributed by atoms with Gasteiger partial charge in [-0.15, -0.1) is 0 Å². The molecule has 0 aliphatic carbocycles. The molecule has 1 heterocycles. The number of nitro benzene ring substituents is 1. The summed E-state index contributed by atoms with van der Waals surface area (Å²) in [5.41, 5.74) is 2.28. The van der Waals surface area contributed by atoms with E-state index in [4.69, 9.17) is 4.74 Å². The molecule has 2 rings (SSSR count). The molecule has 120 valence electrons. The van der Waals surface area contributed by atoms with Crippen LogP contribution < -0.4 is 10.9 Å². The van der Waals surface area contributed by atoms with Crippen LogP contribution in [-0.4, -0.2) is 23.5 Å². The second-order valence-electron chi connectivity index (χ2n) is 4.60. The van der Waals surface area contributed by atoms with Gasteiger partial charge >= 0.3 is 6.18 Å². The number of alkyl halides is 3. The third-order valence-electron chi connectivity index (χ3n) is 3.06. The van der Waals surface area contributed by atoms with Gasteiger partial charge in [0.25, 0.3) is 11.6 Å². The van der Waals surface area contributed by atoms with Crippen molar-refractivity contribution in [2.75, 3.05) is 12.0 Å². The first-order chi connectivity index (χ1) is 10.3. The predicted octanol–water partition coefficient (Wildman–Crippen LogP) is 2.24. The Balaban J connectivity index is 2.13. The number of halogens is 3. The van der Waals surface area contributed by atoms with Crippen LogP contribution in [0.3, 0.4) is 0 Å². The van der Waals surface area contributed by atoms with E-state index in [1.54, 1.807) is 0 Å². The summed E-state index contributed by atoms with van der Waals surface area (Å²) in [7, 11) is 0. The number of nitrogens with zero attached hydrogens (tertiary/aromatic N) is 1. The molecule has 0 saturated carbocycles. The Morgan fingerprint density at radius 1 is 1.41 bits per heavy atom. The van der Waals surface area contributed by atoms with Gasteiger partial charge in [0.2, 0.25) is 0 Å². The monoisotopic (exact) mass is 319 g/mol. The van der Waals surface area contributed by atoms with Gasteiger partial charge in [0, 0.05) is 12.7 Å². The van der Waals surface area contributed by atoms with Crippen LogP contribution in [0.15, 0.2) is 18.2 Å². The zero-order valence-corrected chi connectivity index (χ0v) is 11.1. The Labute approximate surface area is 122 Å². The van der Waals surface area contributed by atoms with Gasteiger partial charge in [-0.25, -0.2) is 0 Å². The number of nitrogens with one attached hydrogen (secondary N) is 2. The maximum atomic E-state index is 12.6. The van der Waals surface area contributed by atoms with E-state index < -0.39 is 34.4 Å². The number of carbonyl (C=O) groups excluding carboxylic acids is 1. The Kier molecular flexibility index (Phi) is 4.50. The van der Waals surface area contributed by atoms with Crippen LogP contribution in [0.4, 0.5) is 24.5 Å². The number of benzene rings is 1. The van der Waals surface area contributed by atoms with Crippen molar-refractivity contribution in [1.29, 1.82) is 0 Å². The van der Waals surface area contributed by atoms with E-state index in [2.05, 4.69) is 10.9 Å². The minimum absolute atomic E-state index is 0.246. The van der Waals surface area contributed by atoms with Crippen molar-refractivity contribution in [1.82, 2.24) is 5.43 Å². The molecule has 1 amide bonds. The zero-order valence-electron chi connectivity index (χ0n) is 11.1. The summed E-state index contributed by atoms with van der Waals surface area (Å²) < 4.78 is 42.8. The van der Waals surface area contributed by atoms with E-state index in [0.29, 0.717) is 25.2 Å². The second kappa shape index (κ2) is 6.18. The molecule has 1 fully saturated rings. The molecule has 0 radical (unpaired) electrons.